The summed E-state index contributed by atoms with van der Waals surface area (Å²) in [6.07, 6.45) is 0. The lowest BCUT2D eigenvalue weighted by Crippen LogP contribution is -2.13. The molecule has 1 aromatic rings. The quantitative estimate of drug-likeness (QED) is 0.460. The number of hydrogen-bond acceptors (Lipinski definition) is 2. The summed E-state index contributed by atoms with van der Waals surface area (Å²) in [6.45, 7) is 8.32. The summed E-state index contributed by atoms with van der Waals surface area (Å²) in [7, 11) is 0. The molecule has 0 aliphatic carbocycles. The highest BCUT2D eigenvalue weighted by molar-refractivity contribution is 6.26. The molecular formula is C14H19ClO2. The van der Waals surface area contributed by atoms with E-state index in [1.807, 2.05) is 18.2 Å². The Kier molecular flexibility index (Phi) is 5.01. The van der Waals surface area contributed by atoms with E-state index in [0.29, 0.717) is 17.6 Å². The Morgan fingerprint density at radius 2 is 1.65 bits per heavy atom. The monoisotopic (exact) mass is 254 g/mol. The lowest BCUT2D eigenvalue weighted by atomic mass is 9.94. The molecule has 3 heteroatoms. The number of halogens is 1. The molecule has 1 aromatic carbocycles. The number of ether oxygens (including phenoxy) is 1. The molecule has 0 saturated carbocycles. The Hall–Kier alpha value is -1.02. The van der Waals surface area contributed by atoms with Gasteiger partial charge in [-0.3, -0.25) is 4.79 Å². The van der Waals surface area contributed by atoms with Crippen molar-refractivity contribution in [2.75, 3.05) is 5.88 Å². The van der Waals surface area contributed by atoms with Gasteiger partial charge in [0.2, 0.25) is 0 Å². The van der Waals surface area contributed by atoms with Crippen molar-refractivity contribution in [1.29, 1.82) is 0 Å². The Bertz CT molecular complexity index is 371. The average molecular weight is 255 g/mol. The molecule has 0 aliphatic rings. The van der Waals surface area contributed by atoms with Gasteiger partial charge in [-0.15, -0.1) is 11.6 Å². The molecule has 17 heavy (non-hydrogen) atoms. The van der Waals surface area contributed by atoms with Gasteiger partial charge in [-0.1, -0.05) is 45.9 Å². The van der Waals surface area contributed by atoms with E-state index >= 15 is 0 Å². The van der Waals surface area contributed by atoms with E-state index in [9.17, 15) is 4.79 Å². The lowest BCUT2D eigenvalue weighted by Gasteiger charge is -2.18. The molecule has 0 amide bonds. The molecule has 0 aliphatic heterocycles. The van der Waals surface area contributed by atoms with Gasteiger partial charge in [0.15, 0.2) is 0 Å². The van der Waals surface area contributed by atoms with Crippen LogP contribution in [0.4, 0.5) is 0 Å². The van der Waals surface area contributed by atoms with Crippen LogP contribution in [-0.4, -0.2) is 11.8 Å². The molecular weight excluding hydrogens is 236 g/mol. The van der Waals surface area contributed by atoms with Crippen LogP contribution in [0.2, 0.25) is 0 Å². The number of para-hydroxylation sites is 1. The highest BCUT2D eigenvalue weighted by Crippen LogP contribution is 2.34. The van der Waals surface area contributed by atoms with Gasteiger partial charge < -0.3 is 4.74 Å². The van der Waals surface area contributed by atoms with Crippen LogP contribution in [0.25, 0.3) is 0 Å². The summed E-state index contributed by atoms with van der Waals surface area (Å²) < 4.78 is 5.38. The van der Waals surface area contributed by atoms with Crippen molar-refractivity contribution < 1.29 is 9.53 Å². The molecule has 0 radical (unpaired) electrons. The van der Waals surface area contributed by atoms with Crippen molar-refractivity contribution in [2.24, 2.45) is 0 Å². The highest BCUT2D eigenvalue weighted by atomic mass is 35.5. The van der Waals surface area contributed by atoms with Gasteiger partial charge in [-0.05, 0) is 23.0 Å². The fourth-order valence-electron chi connectivity index (χ4n) is 1.74. The Morgan fingerprint density at radius 1 is 1.18 bits per heavy atom. The van der Waals surface area contributed by atoms with Crippen molar-refractivity contribution in [1.82, 2.24) is 0 Å². The summed E-state index contributed by atoms with van der Waals surface area (Å²) in [5, 5.41) is 0. The first-order valence-electron chi connectivity index (χ1n) is 5.86. The standard InChI is InChI=1S/C14H19ClO2/c1-9(2)11-6-5-7-12(10(3)4)14(11)17-13(16)8-15/h5-7,9-10H,8H2,1-4H3. The highest BCUT2D eigenvalue weighted by Gasteiger charge is 2.17. The maximum atomic E-state index is 11.4. The first-order valence-corrected chi connectivity index (χ1v) is 6.40. The minimum Gasteiger partial charge on any atom is -0.425 e. The van der Waals surface area contributed by atoms with Gasteiger partial charge in [0.1, 0.15) is 11.6 Å². The smallest absolute Gasteiger partial charge is 0.326 e. The number of carbonyl (C=O) groups is 1. The molecule has 0 bridgehead atoms. The summed E-state index contributed by atoms with van der Waals surface area (Å²) in [5.41, 5.74) is 2.10. The SMILES string of the molecule is CC(C)c1cccc(C(C)C)c1OC(=O)CCl. The van der Waals surface area contributed by atoms with E-state index in [1.54, 1.807) is 0 Å². The van der Waals surface area contributed by atoms with Gasteiger partial charge in [0, 0.05) is 0 Å². The first kappa shape index (κ1) is 14.0. The van der Waals surface area contributed by atoms with Crippen LogP contribution in [-0.2, 0) is 4.79 Å². The fraction of sp³-hybridized carbons (Fsp3) is 0.500. The van der Waals surface area contributed by atoms with E-state index in [4.69, 9.17) is 16.3 Å². The van der Waals surface area contributed by atoms with Crippen LogP contribution in [0.3, 0.4) is 0 Å². The maximum Gasteiger partial charge on any atom is 0.326 e. The second-order valence-electron chi connectivity index (χ2n) is 4.68. The minimum absolute atomic E-state index is 0.121. The Morgan fingerprint density at radius 3 is 2.00 bits per heavy atom. The van der Waals surface area contributed by atoms with Crippen molar-refractivity contribution >= 4 is 17.6 Å². The molecule has 0 spiro atoms. The number of esters is 1. The van der Waals surface area contributed by atoms with Crippen LogP contribution in [0.15, 0.2) is 18.2 Å². The van der Waals surface area contributed by atoms with Crippen molar-refractivity contribution in [3.8, 4) is 5.75 Å². The van der Waals surface area contributed by atoms with Crippen molar-refractivity contribution in [2.45, 2.75) is 39.5 Å². The van der Waals surface area contributed by atoms with Crippen LogP contribution in [0, 0.1) is 0 Å². The van der Waals surface area contributed by atoms with E-state index in [1.165, 1.54) is 0 Å². The van der Waals surface area contributed by atoms with Gasteiger partial charge in [0.05, 0.1) is 0 Å². The number of rotatable bonds is 4. The Labute approximate surface area is 108 Å². The third-order valence-electron chi connectivity index (χ3n) is 2.64. The summed E-state index contributed by atoms with van der Waals surface area (Å²) in [5.74, 6) is 0.785. The third-order valence-corrected chi connectivity index (χ3v) is 2.86. The van der Waals surface area contributed by atoms with Gasteiger partial charge in [-0.2, -0.15) is 0 Å². The number of hydrogen-bond donors (Lipinski definition) is 0. The fourth-order valence-corrected chi connectivity index (χ4v) is 1.80. The average Bonchev–Trinajstić information content (AvgIpc) is 2.28. The zero-order chi connectivity index (χ0) is 13.0. The molecule has 0 aromatic heterocycles. The molecule has 1 rings (SSSR count). The minimum atomic E-state index is -0.401. The zero-order valence-corrected chi connectivity index (χ0v) is 11.5. The third kappa shape index (κ3) is 3.47. The summed E-state index contributed by atoms with van der Waals surface area (Å²) in [6, 6.07) is 5.99. The summed E-state index contributed by atoms with van der Waals surface area (Å²) >= 11 is 5.49. The lowest BCUT2D eigenvalue weighted by molar-refractivity contribution is -0.131. The molecule has 0 saturated heterocycles. The van der Waals surface area contributed by atoms with E-state index in [2.05, 4.69) is 27.7 Å². The van der Waals surface area contributed by atoms with Crippen LogP contribution >= 0.6 is 11.6 Å². The van der Waals surface area contributed by atoms with Crippen LogP contribution < -0.4 is 4.74 Å². The normalized spacial score (nSPS) is 11.0. The summed E-state index contributed by atoms with van der Waals surface area (Å²) in [4.78, 5) is 11.4. The molecule has 0 atom stereocenters. The molecule has 0 unspecified atom stereocenters. The number of carbonyl (C=O) groups excluding carboxylic acids is 1. The largest absolute Gasteiger partial charge is 0.425 e. The first-order chi connectivity index (χ1) is 7.97. The Balaban J connectivity index is 3.23. The van der Waals surface area contributed by atoms with E-state index in [0.717, 1.165) is 11.1 Å². The van der Waals surface area contributed by atoms with E-state index < -0.39 is 5.97 Å². The van der Waals surface area contributed by atoms with Crippen LogP contribution in [0.1, 0.15) is 50.7 Å². The van der Waals surface area contributed by atoms with E-state index in [-0.39, 0.29) is 5.88 Å². The maximum absolute atomic E-state index is 11.4. The predicted octanol–water partition coefficient (Wildman–Crippen LogP) is 4.08. The second kappa shape index (κ2) is 6.06. The number of benzene rings is 1. The van der Waals surface area contributed by atoms with Gasteiger partial charge in [-0.25, -0.2) is 0 Å². The second-order valence-corrected chi connectivity index (χ2v) is 4.95. The van der Waals surface area contributed by atoms with Crippen LogP contribution in [0.5, 0.6) is 5.75 Å². The molecule has 0 fully saturated rings. The molecule has 0 heterocycles. The molecule has 94 valence electrons. The topological polar surface area (TPSA) is 26.3 Å². The van der Waals surface area contributed by atoms with Crippen molar-refractivity contribution in [3.63, 3.8) is 0 Å². The molecule has 0 N–H and O–H groups in total. The molecule has 2 nitrogen and oxygen atoms in total. The number of alkyl halides is 1. The van der Waals surface area contributed by atoms with Crippen molar-refractivity contribution in [3.05, 3.63) is 29.3 Å². The zero-order valence-electron chi connectivity index (χ0n) is 10.8. The predicted molar refractivity (Wildman–Crippen MR) is 71.0 cm³/mol. The van der Waals surface area contributed by atoms with Gasteiger partial charge in [0.25, 0.3) is 0 Å². The van der Waals surface area contributed by atoms with Gasteiger partial charge >= 0.3 is 5.97 Å².